The quantitative estimate of drug-likeness (QED) is 0.421. The third-order valence-corrected chi connectivity index (χ3v) is 5.01. The topological polar surface area (TPSA) is 32.9 Å². The molecule has 0 fully saturated rings. The molecule has 0 bridgehead atoms. The minimum absolute atomic E-state index is 0.0314. The fourth-order valence-electron chi connectivity index (χ4n) is 3.41. The number of halogens is 1. The Morgan fingerprint density at radius 3 is 2.35 bits per heavy atom. The van der Waals surface area contributed by atoms with Gasteiger partial charge in [0.15, 0.2) is 5.78 Å². The minimum Gasteiger partial charge on any atom is -0.361 e. The van der Waals surface area contributed by atoms with Crippen LogP contribution in [0.1, 0.15) is 33.8 Å². The van der Waals surface area contributed by atoms with Crippen LogP contribution in [-0.2, 0) is 0 Å². The lowest BCUT2D eigenvalue weighted by molar-refractivity contribution is 0.0978. The van der Waals surface area contributed by atoms with Crippen molar-refractivity contribution in [3.05, 3.63) is 107 Å². The van der Waals surface area contributed by atoms with Gasteiger partial charge in [-0.1, -0.05) is 72.3 Å². The molecule has 1 heterocycles. The van der Waals surface area contributed by atoms with Crippen LogP contribution in [0.5, 0.6) is 0 Å². The smallest absolute Gasteiger partial charge is 0.163 e. The summed E-state index contributed by atoms with van der Waals surface area (Å²) in [6.07, 6.45) is 2.43. The number of nitrogens with one attached hydrogen (secondary N) is 1. The van der Waals surface area contributed by atoms with Gasteiger partial charge in [0.05, 0.1) is 0 Å². The highest BCUT2D eigenvalue weighted by molar-refractivity contribution is 6.30. The van der Waals surface area contributed by atoms with Crippen molar-refractivity contribution >= 4 is 28.3 Å². The number of fused-ring (bicyclic) bond motifs is 1. The van der Waals surface area contributed by atoms with E-state index in [1.807, 2.05) is 72.9 Å². The second kappa shape index (κ2) is 7.19. The first-order valence-corrected chi connectivity index (χ1v) is 9.00. The van der Waals surface area contributed by atoms with E-state index >= 15 is 0 Å². The predicted octanol–water partition coefficient (Wildman–Crippen LogP) is 6.23. The van der Waals surface area contributed by atoms with E-state index in [0.717, 1.165) is 27.6 Å². The highest BCUT2D eigenvalue weighted by atomic mass is 35.5. The molecule has 0 aliphatic heterocycles. The number of carbonyl (C=O) groups is 1. The van der Waals surface area contributed by atoms with Crippen LogP contribution < -0.4 is 0 Å². The lowest BCUT2D eigenvalue weighted by Crippen LogP contribution is -2.09. The van der Waals surface area contributed by atoms with Gasteiger partial charge in [0.25, 0.3) is 0 Å². The molecular weight excluding hydrogens is 342 g/mol. The van der Waals surface area contributed by atoms with Gasteiger partial charge in [-0.25, -0.2) is 0 Å². The number of aromatic nitrogens is 1. The van der Waals surface area contributed by atoms with E-state index in [1.165, 1.54) is 0 Å². The van der Waals surface area contributed by atoms with E-state index in [1.54, 1.807) is 0 Å². The van der Waals surface area contributed by atoms with Crippen molar-refractivity contribution in [1.82, 2.24) is 4.98 Å². The molecule has 4 rings (SSSR count). The van der Waals surface area contributed by atoms with Crippen LogP contribution in [0.3, 0.4) is 0 Å². The average Bonchev–Trinajstić information content (AvgIpc) is 3.11. The first-order valence-electron chi connectivity index (χ1n) is 8.62. The van der Waals surface area contributed by atoms with E-state index in [-0.39, 0.29) is 11.7 Å². The number of ketones is 1. The molecule has 128 valence electrons. The highest BCUT2D eigenvalue weighted by Crippen LogP contribution is 2.34. The minimum atomic E-state index is -0.0314. The molecule has 2 nitrogen and oxygen atoms in total. The summed E-state index contributed by atoms with van der Waals surface area (Å²) >= 11 is 6.06. The normalized spacial score (nSPS) is 12.2. The summed E-state index contributed by atoms with van der Waals surface area (Å²) in [7, 11) is 0. The van der Waals surface area contributed by atoms with Gasteiger partial charge in [-0.05, 0) is 29.3 Å². The van der Waals surface area contributed by atoms with Crippen LogP contribution in [0.2, 0.25) is 5.02 Å². The van der Waals surface area contributed by atoms with Crippen molar-refractivity contribution in [2.24, 2.45) is 0 Å². The molecule has 0 aliphatic rings. The van der Waals surface area contributed by atoms with E-state index in [0.29, 0.717) is 11.4 Å². The number of carbonyl (C=O) groups excluding carboxylic acids is 1. The summed E-state index contributed by atoms with van der Waals surface area (Å²) in [6.45, 7) is 0. The van der Waals surface area contributed by atoms with E-state index in [9.17, 15) is 4.79 Å². The van der Waals surface area contributed by atoms with Crippen LogP contribution in [0.4, 0.5) is 0 Å². The van der Waals surface area contributed by atoms with Gasteiger partial charge in [0.1, 0.15) is 0 Å². The fourth-order valence-corrected chi connectivity index (χ4v) is 3.54. The first kappa shape index (κ1) is 16.6. The van der Waals surface area contributed by atoms with Crippen LogP contribution >= 0.6 is 11.6 Å². The van der Waals surface area contributed by atoms with Crippen molar-refractivity contribution in [2.45, 2.75) is 12.3 Å². The number of para-hydroxylation sites is 1. The van der Waals surface area contributed by atoms with E-state index < -0.39 is 0 Å². The molecule has 26 heavy (non-hydrogen) atoms. The number of benzene rings is 3. The molecular formula is C23H18ClNO. The Morgan fingerprint density at radius 2 is 1.58 bits per heavy atom. The summed E-state index contributed by atoms with van der Waals surface area (Å²) in [5.74, 6) is 0.104. The molecule has 0 saturated carbocycles. The molecule has 1 atom stereocenters. The van der Waals surface area contributed by atoms with Crippen LogP contribution in [0.25, 0.3) is 10.9 Å². The van der Waals surface area contributed by atoms with Gasteiger partial charge < -0.3 is 4.98 Å². The summed E-state index contributed by atoms with van der Waals surface area (Å²) in [6, 6.07) is 25.4. The molecule has 1 aromatic heterocycles. The summed E-state index contributed by atoms with van der Waals surface area (Å²) in [5.41, 5.74) is 4.04. The van der Waals surface area contributed by atoms with Gasteiger partial charge in [-0.2, -0.15) is 0 Å². The average molecular weight is 360 g/mol. The van der Waals surface area contributed by atoms with E-state index in [4.69, 9.17) is 11.6 Å². The molecule has 0 spiro atoms. The maximum atomic E-state index is 12.9. The lowest BCUT2D eigenvalue weighted by atomic mass is 9.85. The zero-order valence-electron chi connectivity index (χ0n) is 14.2. The summed E-state index contributed by atoms with van der Waals surface area (Å²) in [5, 5.41) is 1.84. The van der Waals surface area contributed by atoms with Crippen LogP contribution in [-0.4, -0.2) is 10.8 Å². The molecule has 0 aliphatic carbocycles. The van der Waals surface area contributed by atoms with Crippen molar-refractivity contribution in [3.8, 4) is 0 Å². The predicted molar refractivity (Wildman–Crippen MR) is 107 cm³/mol. The first-order chi connectivity index (χ1) is 12.7. The largest absolute Gasteiger partial charge is 0.361 e. The summed E-state index contributed by atoms with van der Waals surface area (Å²) in [4.78, 5) is 16.2. The molecule has 1 N–H and O–H groups in total. The SMILES string of the molecule is O=C(CC(c1ccc(Cl)cc1)c1c[nH]c2ccccc12)c1ccccc1. The second-order valence-electron chi connectivity index (χ2n) is 6.39. The van der Waals surface area contributed by atoms with Gasteiger partial charge >= 0.3 is 0 Å². The van der Waals surface area contributed by atoms with Crippen LogP contribution in [0, 0.1) is 0 Å². The number of Topliss-reactive ketones (excluding diaryl/α,β-unsaturated/α-hetero) is 1. The third kappa shape index (κ3) is 3.29. The van der Waals surface area contributed by atoms with Crippen molar-refractivity contribution in [2.75, 3.05) is 0 Å². The third-order valence-electron chi connectivity index (χ3n) is 4.75. The zero-order valence-corrected chi connectivity index (χ0v) is 14.9. The van der Waals surface area contributed by atoms with Crippen molar-refractivity contribution in [1.29, 1.82) is 0 Å². The summed E-state index contributed by atoms with van der Waals surface area (Å²) < 4.78 is 0. The van der Waals surface area contributed by atoms with Gasteiger partial charge in [-0.3, -0.25) is 4.79 Å². The second-order valence-corrected chi connectivity index (χ2v) is 6.82. The molecule has 1 unspecified atom stereocenters. The van der Waals surface area contributed by atoms with Crippen LogP contribution in [0.15, 0.2) is 85.1 Å². The molecule has 3 heteroatoms. The molecule has 4 aromatic rings. The van der Waals surface area contributed by atoms with Gasteiger partial charge in [0, 0.05) is 40.0 Å². The highest BCUT2D eigenvalue weighted by Gasteiger charge is 2.22. The standard InChI is InChI=1S/C23H18ClNO/c24-18-12-10-16(11-13-18)20(14-23(26)17-6-2-1-3-7-17)21-15-25-22-9-5-4-8-19(21)22/h1-13,15,20,25H,14H2. The Hall–Kier alpha value is -2.84. The number of rotatable bonds is 5. The Balaban J connectivity index is 1.77. The van der Waals surface area contributed by atoms with Crippen molar-refractivity contribution in [3.63, 3.8) is 0 Å². The Kier molecular flexibility index (Phi) is 4.59. The number of aromatic amines is 1. The monoisotopic (exact) mass is 359 g/mol. The lowest BCUT2D eigenvalue weighted by Gasteiger charge is -2.17. The maximum Gasteiger partial charge on any atom is 0.163 e. The maximum absolute atomic E-state index is 12.9. The molecule has 0 radical (unpaired) electrons. The van der Waals surface area contributed by atoms with E-state index in [2.05, 4.69) is 17.1 Å². The fraction of sp³-hybridized carbons (Fsp3) is 0.0870. The zero-order chi connectivity index (χ0) is 17.9. The van der Waals surface area contributed by atoms with Gasteiger partial charge in [-0.15, -0.1) is 0 Å². The Labute approximate surface area is 157 Å². The molecule has 0 saturated heterocycles. The number of H-pyrrole nitrogens is 1. The van der Waals surface area contributed by atoms with Gasteiger partial charge in [0.2, 0.25) is 0 Å². The molecule has 0 amide bonds. The molecule has 3 aromatic carbocycles. The number of hydrogen-bond acceptors (Lipinski definition) is 1. The van der Waals surface area contributed by atoms with Crippen molar-refractivity contribution < 1.29 is 4.79 Å². The Morgan fingerprint density at radius 1 is 0.885 bits per heavy atom. The Bertz CT molecular complexity index is 1030. The number of hydrogen-bond donors (Lipinski definition) is 1.